The van der Waals surface area contributed by atoms with Gasteiger partial charge in [-0.1, -0.05) is 0 Å². The van der Waals surface area contributed by atoms with E-state index in [-0.39, 0.29) is 6.10 Å². The molecule has 0 bridgehead atoms. The Morgan fingerprint density at radius 3 is 3.00 bits per heavy atom. The van der Waals surface area contributed by atoms with Gasteiger partial charge in [0.05, 0.1) is 0 Å². The average Bonchev–Trinajstić information content (AvgIpc) is 2.29. The number of phenols is 1. The van der Waals surface area contributed by atoms with Crippen molar-refractivity contribution in [3.8, 4) is 11.5 Å². The highest BCUT2D eigenvalue weighted by Crippen LogP contribution is 2.34. The van der Waals surface area contributed by atoms with E-state index < -0.39 is 0 Å². The smallest absolute Gasteiger partial charge is 0.126 e. The lowest BCUT2D eigenvalue weighted by atomic mass is 10.1. The van der Waals surface area contributed by atoms with Gasteiger partial charge >= 0.3 is 0 Å². The number of benzene rings is 1. The number of rotatable bonds is 0. The molecule has 0 spiro atoms. The maximum Gasteiger partial charge on any atom is 0.126 e. The molecular formula is C10H12O2. The van der Waals surface area contributed by atoms with Gasteiger partial charge in [0, 0.05) is 12.0 Å². The summed E-state index contributed by atoms with van der Waals surface area (Å²) in [6.45, 7) is 3.99. The number of hydrogen-bond donors (Lipinski definition) is 1. The third-order valence-electron chi connectivity index (χ3n) is 2.16. The quantitative estimate of drug-likeness (QED) is 0.635. The highest BCUT2D eigenvalue weighted by atomic mass is 16.5. The van der Waals surface area contributed by atoms with Crippen LogP contribution in [0.4, 0.5) is 0 Å². The van der Waals surface area contributed by atoms with Crippen LogP contribution in [-0.2, 0) is 6.42 Å². The van der Waals surface area contributed by atoms with E-state index in [4.69, 9.17) is 4.74 Å². The number of ether oxygens (including phenoxy) is 1. The lowest BCUT2D eigenvalue weighted by molar-refractivity contribution is 0.253. The van der Waals surface area contributed by atoms with Crippen LogP contribution >= 0.6 is 0 Å². The molecular weight excluding hydrogens is 152 g/mol. The molecule has 0 saturated heterocycles. The van der Waals surface area contributed by atoms with Crippen molar-refractivity contribution < 1.29 is 9.84 Å². The number of aromatic hydroxyl groups is 1. The highest BCUT2D eigenvalue weighted by Gasteiger charge is 2.21. The van der Waals surface area contributed by atoms with Crippen molar-refractivity contribution in [3.05, 3.63) is 23.3 Å². The molecule has 1 aliphatic heterocycles. The molecule has 12 heavy (non-hydrogen) atoms. The monoisotopic (exact) mass is 164 g/mol. The third kappa shape index (κ3) is 1.04. The van der Waals surface area contributed by atoms with Crippen LogP contribution in [0.5, 0.6) is 11.5 Å². The fraction of sp³-hybridized carbons (Fsp3) is 0.400. The maximum atomic E-state index is 9.31. The minimum absolute atomic E-state index is 0.250. The first-order valence-electron chi connectivity index (χ1n) is 4.16. The van der Waals surface area contributed by atoms with Crippen molar-refractivity contribution in [3.63, 3.8) is 0 Å². The second-order valence-electron chi connectivity index (χ2n) is 3.38. The molecule has 0 radical (unpaired) electrons. The first-order chi connectivity index (χ1) is 5.66. The van der Waals surface area contributed by atoms with Crippen LogP contribution in [0.3, 0.4) is 0 Å². The van der Waals surface area contributed by atoms with Crippen LogP contribution in [0.25, 0.3) is 0 Å². The Morgan fingerprint density at radius 1 is 1.50 bits per heavy atom. The van der Waals surface area contributed by atoms with E-state index in [0.717, 1.165) is 23.3 Å². The summed E-state index contributed by atoms with van der Waals surface area (Å²) in [5.41, 5.74) is 2.15. The summed E-state index contributed by atoms with van der Waals surface area (Å²) < 4.78 is 5.58. The first-order valence-corrected chi connectivity index (χ1v) is 4.16. The molecule has 0 unspecified atom stereocenters. The Labute approximate surface area is 71.8 Å². The molecule has 1 aromatic carbocycles. The van der Waals surface area contributed by atoms with Crippen LogP contribution in [0.15, 0.2) is 12.1 Å². The normalized spacial score (nSPS) is 20.3. The van der Waals surface area contributed by atoms with Crippen molar-refractivity contribution in [2.45, 2.75) is 26.4 Å². The van der Waals surface area contributed by atoms with Gasteiger partial charge in [0.1, 0.15) is 17.6 Å². The Bertz CT molecular complexity index is 318. The van der Waals surface area contributed by atoms with Crippen LogP contribution in [0.2, 0.25) is 0 Å². The maximum absolute atomic E-state index is 9.31. The van der Waals surface area contributed by atoms with Gasteiger partial charge < -0.3 is 9.84 Å². The van der Waals surface area contributed by atoms with Crippen LogP contribution < -0.4 is 4.74 Å². The Balaban J connectivity index is 2.52. The van der Waals surface area contributed by atoms with Gasteiger partial charge in [0.2, 0.25) is 0 Å². The molecule has 0 amide bonds. The van der Waals surface area contributed by atoms with Gasteiger partial charge in [-0.2, -0.15) is 0 Å². The number of fused-ring (bicyclic) bond motifs is 1. The molecule has 0 aliphatic carbocycles. The second-order valence-corrected chi connectivity index (χ2v) is 3.38. The minimum atomic E-state index is 0.250. The molecule has 0 fully saturated rings. The number of aryl methyl sites for hydroxylation is 1. The van der Waals surface area contributed by atoms with Crippen molar-refractivity contribution in [2.24, 2.45) is 0 Å². The largest absolute Gasteiger partial charge is 0.508 e. The summed E-state index contributed by atoms with van der Waals surface area (Å²) >= 11 is 0. The summed E-state index contributed by atoms with van der Waals surface area (Å²) in [5.74, 6) is 1.30. The summed E-state index contributed by atoms with van der Waals surface area (Å²) in [6.07, 6.45) is 1.16. The Morgan fingerprint density at radius 2 is 2.25 bits per heavy atom. The topological polar surface area (TPSA) is 29.5 Å². The van der Waals surface area contributed by atoms with Gasteiger partial charge in [-0.25, -0.2) is 0 Å². The summed E-state index contributed by atoms with van der Waals surface area (Å²) in [6, 6.07) is 3.52. The van der Waals surface area contributed by atoms with Gasteiger partial charge in [-0.05, 0) is 31.5 Å². The fourth-order valence-electron chi connectivity index (χ4n) is 1.70. The summed E-state index contributed by atoms with van der Waals surface area (Å²) in [7, 11) is 0. The molecule has 2 heteroatoms. The van der Waals surface area contributed by atoms with E-state index >= 15 is 0 Å². The molecule has 1 atom stereocenters. The Hall–Kier alpha value is -1.18. The van der Waals surface area contributed by atoms with E-state index in [1.54, 1.807) is 12.1 Å². The van der Waals surface area contributed by atoms with Gasteiger partial charge in [-0.3, -0.25) is 0 Å². The van der Waals surface area contributed by atoms with E-state index in [1.165, 1.54) is 0 Å². The molecule has 2 nitrogen and oxygen atoms in total. The van der Waals surface area contributed by atoms with E-state index in [9.17, 15) is 5.11 Å². The molecule has 1 N–H and O–H groups in total. The van der Waals surface area contributed by atoms with Gasteiger partial charge in [-0.15, -0.1) is 0 Å². The van der Waals surface area contributed by atoms with Gasteiger partial charge in [0.15, 0.2) is 0 Å². The zero-order chi connectivity index (χ0) is 8.72. The highest BCUT2D eigenvalue weighted by molar-refractivity contribution is 5.48. The molecule has 0 saturated carbocycles. The molecule has 1 aromatic rings. The number of hydrogen-bond acceptors (Lipinski definition) is 2. The Kier molecular flexibility index (Phi) is 1.50. The standard InChI is InChI=1S/C10H12O2/c1-6-3-9(11)5-8-4-7(2)12-10(6)8/h3,5,7,11H,4H2,1-2H3/t7-/m0/s1. The molecule has 0 aromatic heterocycles. The van der Waals surface area contributed by atoms with E-state index in [0.29, 0.717) is 5.75 Å². The van der Waals surface area contributed by atoms with Crippen LogP contribution in [0, 0.1) is 6.92 Å². The predicted molar refractivity (Wildman–Crippen MR) is 46.6 cm³/mol. The molecule has 1 aliphatic rings. The van der Waals surface area contributed by atoms with Crippen LogP contribution in [-0.4, -0.2) is 11.2 Å². The summed E-state index contributed by atoms with van der Waals surface area (Å²) in [5, 5.41) is 9.31. The van der Waals surface area contributed by atoms with Crippen molar-refractivity contribution >= 4 is 0 Å². The van der Waals surface area contributed by atoms with E-state index in [2.05, 4.69) is 0 Å². The predicted octanol–water partition coefficient (Wildman–Crippen LogP) is 2.02. The van der Waals surface area contributed by atoms with Crippen LogP contribution in [0.1, 0.15) is 18.1 Å². The lowest BCUT2D eigenvalue weighted by Gasteiger charge is -2.05. The third-order valence-corrected chi connectivity index (χ3v) is 2.16. The second kappa shape index (κ2) is 2.41. The molecule has 1 heterocycles. The molecule has 64 valence electrons. The minimum Gasteiger partial charge on any atom is -0.508 e. The zero-order valence-electron chi connectivity index (χ0n) is 7.29. The fourth-order valence-corrected chi connectivity index (χ4v) is 1.70. The zero-order valence-corrected chi connectivity index (χ0v) is 7.29. The SMILES string of the molecule is Cc1cc(O)cc2c1O[C@@H](C)C2. The first kappa shape index (κ1) is 7.47. The van der Waals surface area contributed by atoms with Gasteiger partial charge in [0.25, 0.3) is 0 Å². The average molecular weight is 164 g/mol. The molecule has 2 rings (SSSR count). The van der Waals surface area contributed by atoms with Crippen molar-refractivity contribution in [2.75, 3.05) is 0 Å². The number of phenolic OH excluding ortho intramolecular Hbond substituents is 1. The van der Waals surface area contributed by atoms with Crippen molar-refractivity contribution in [1.82, 2.24) is 0 Å². The van der Waals surface area contributed by atoms with Crippen molar-refractivity contribution in [1.29, 1.82) is 0 Å². The summed E-state index contributed by atoms with van der Waals surface area (Å²) in [4.78, 5) is 0. The lowest BCUT2D eigenvalue weighted by Crippen LogP contribution is -2.05. The van der Waals surface area contributed by atoms with E-state index in [1.807, 2.05) is 13.8 Å².